The van der Waals surface area contributed by atoms with E-state index in [4.69, 9.17) is 0 Å². The summed E-state index contributed by atoms with van der Waals surface area (Å²) in [6, 6.07) is 16.3. The standard InChI is InChI=1S/C25H20N6/c1-3-16(14-26-4-2)17-12-20-24(30-31-25(20)28-15-17)23-13-19-18(8-7-10-22(19)29-23)21-9-5-6-11-27-21/h3-15,29H,2H2,1H3,(H,28,30,31)/b16-3+,26-14?. The number of nitrogens with zero attached hydrogens (tertiary/aromatic N) is 4. The maximum absolute atomic E-state index is 4.53. The number of fused-ring (bicyclic) bond motifs is 2. The van der Waals surface area contributed by atoms with Gasteiger partial charge in [-0.15, -0.1) is 0 Å². The molecule has 0 fully saturated rings. The first-order valence-electron chi connectivity index (χ1n) is 9.97. The third-order valence-corrected chi connectivity index (χ3v) is 5.25. The van der Waals surface area contributed by atoms with Crippen LogP contribution in [0.15, 0.2) is 84.8 Å². The lowest BCUT2D eigenvalue weighted by atomic mass is 10.1. The van der Waals surface area contributed by atoms with Crippen molar-refractivity contribution in [3.63, 3.8) is 0 Å². The lowest BCUT2D eigenvalue weighted by Gasteiger charge is -2.02. The summed E-state index contributed by atoms with van der Waals surface area (Å²) in [4.78, 5) is 16.7. The van der Waals surface area contributed by atoms with E-state index in [0.717, 1.165) is 50.1 Å². The maximum Gasteiger partial charge on any atom is 0.181 e. The van der Waals surface area contributed by atoms with Crippen LogP contribution in [0.1, 0.15) is 12.5 Å². The highest BCUT2D eigenvalue weighted by molar-refractivity contribution is 6.11. The highest BCUT2D eigenvalue weighted by Crippen LogP contribution is 2.33. The van der Waals surface area contributed by atoms with Gasteiger partial charge in [0.1, 0.15) is 0 Å². The summed E-state index contributed by atoms with van der Waals surface area (Å²) in [5, 5.41) is 9.59. The topological polar surface area (TPSA) is 82.6 Å². The molecule has 4 heterocycles. The monoisotopic (exact) mass is 404 g/mol. The Labute approximate surface area is 179 Å². The Bertz CT molecular complexity index is 1450. The Morgan fingerprint density at radius 1 is 1.06 bits per heavy atom. The predicted molar refractivity (Wildman–Crippen MR) is 127 cm³/mol. The summed E-state index contributed by atoms with van der Waals surface area (Å²) in [7, 11) is 0. The number of H-pyrrole nitrogens is 2. The molecule has 5 rings (SSSR count). The molecule has 0 bridgehead atoms. The van der Waals surface area contributed by atoms with Gasteiger partial charge in [0.2, 0.25) is 0 Å². The zero-order valence-electron chi connectivity index (χ0n) is 17.0. The second kappa shape index (κ2) is 7.84. The highest BCUT2D eigenvalue weighted by atomic mass is 15.2. The Hall–Kier alpha value is -4.32. The van der Waals surface area contributed by atoms with Crippen molar-refractivity contribution < 1.29 is 0 Å². The van der Waals surface area contributed by atoms with Gasteiger partial charge in [0.05, 0.1) is 17.1 Å². The van der Waals surface area contributed by atoms with Crippen LogP contribution in [0.25, 0.3) is 50.2 Å². The first-order valence-corrected chi connectivity index (χ1v) is 9.97. The number of nitrogens with one attached hydrogen (secondary N) is 2. The van der Waals surface area contributed by atoms with Gasteiger partial charge in [-0.25, -0.2) is 4.98 Å². The third kappa shape index (κ3) is 3.34. The zero-order valence-corrected chi connectivity index (χ0v) is 17.0. The van der Waals surface area contributed by atoms with Crippen molar-refractivity contribution in [2.45, 2.75) is 6.92 Å². The quantitative estimate of drug-likeness (QED) is 0.364. The van der Waals surface area contributed by atoms with Crippen molar-refractivity contribution in [3.05, 3.63) is 85.3 Å². The Kier molecular flexibility index (Phi) is 4.72. The van der Waals surface area contributed by atoms with Crippen LogP contribution in [0, 0.1) is 0 Å². The molecule has 6 nitrogen and oxygen atoms in total. The van der Waals surface area contributed by atoms with Crippen LogP contribution >= 0.6 is 0 Å². The van der Waals surface area contributed by atoms with Gasteiger partial charge in [-0.05, 0) is 42.8 Å². The van der Waals surface area contributed by atoms with Crippen LogP contribution in [-0.4, -0.2) is 31.4 Å². The molecule has 0 saturated carbocycles. The average Bonchev–Trinajstić information content (AvgIpc) is 3.43. The van der Waals surface area contributed by atoms with E-state index in [1.54, 1.807) is 6.21 Å². The third-order valence-electron chi connectivity index (χ3n) is 5.25. The molecule has 0 amide bonds. The molecule has 0 radical (unpaired) electrons. The summed E-state index contributed by atoms with van der Waals surface area (Å²) < 4.78 is 0. The molecule has 0 aliphatic heterocycles. The molecule has 0 saturated heterocycles. The summed E-state index contributed by atoms with van der Waals surface area (Å²) in [5.41, 5.74) is 7.50. The van der Waals surface area contributed by atoms with Crippen LogP contribution in [0.2, 0.25) is 0 Å². The van der Waals surface area contributed by atoms with E-state index < -0.39 is 0 Å². The number of hydrogen-bond acceptors (Lipinski definition) is 4. The van der Waals surface area contributed by atoms with Crippen molar-refractivity contribution in [2.75, 3.05) is 0 Å². The van der Waals surface area contributed by atoms with Crippen molar-refractivity contribution in [1.29, 1.82) is 0 Å². The molecule has 6 heteroatoms. The van der Waals surface area contributed by atoms with E-state index >= 15 is 0 Å². The molecule has 0 spiro atoms. The van der Waals surface area contributed by atoms with E-state index in [-0.39, 0.29) is 0 Å². The maximum atomic E-state index is 4.53. The SMILES string of the molecule is C=CN=C/C(=C\C)c1cnc2n[nH]c(-c3cc4c(-c5ccccn5)cccc4[nH]3)c2c1. The number of pyridine rings is 2. The summed E-state index contributed by atoms with van der Waals surface area (Å²) in [5.74, 6) is 0. The molecule has 0 aliphatic rings. The van der Waals surface area contributed by atoms with Crippen LogP contribution in [0.5, 0.6) is 0 Å². The van der Waals surface area contributed by atoms with Gasteiger partial charge < -0.3 is 4.98 Å². The number of allylic oxidation sites excluding steroid dienone is 2. The van der Waals surface area contributed by atoms with E-state index in [9.17, 15) is 0 Å². The average molecular weight is 404 g/mol. The van der Waals surface area contributed by atoms with E-state index in [1.807, 2.05) is 49.7 Å². The molecule has 0 atom stereocenters. The van der Waals surface area contributed by atoms with Gasteiger partial charge in [0.15, 0.2) is 5.65 Å². The number of aliphatic imine (C=N–C) groups is 1. The molecule has 150 valence electrons. The normalized spacial score (nSPS) is 12.2. The number of aromatic nitrogens is 5. The van der Waals surface area contributed by atoms with Gasteiger partial charge in [0, 0.05) is 52.2 Å². The van der Waals surface area contributed by atoms with Crippen LogP contribution in [0.4, 0.5) is 0 Å². The highest BCUT2D eigenvalue weighted by Gasteiger charge is 2.15. The van der Waals surface area contributed by atoms with Gasteiger partial charge in [0.25, 0.3) is 0 Å². The largest absolute Gasteiger partial charge is 0.353 e. The summed E-state index contributed by atoms with van der Waals surface area (Å²) >= 11 is 0. The van der Waals surface area contributed by atoms with Crippen LogP contribution in [-0.2, 0) is 0 Å². The Morgan fingerprint density at radius 2 is 2.00 bits per heavy atom. The fraction of sp³-hybridized carbons (Fsp3) is 0.0400. The fourth-order valence-corrected chi connectivity index (χ4v) is 3.75. The second-order valence-corrected chi connectivity index (χ2v) is 7.06. The molecule has 1 aromatic carbocycles. The van der Waals surface area contributed by atoms with Gasteiger partial charge in [-0.2, -0.15) is 5.10 Å². The number of aromatic amines is 2. The van der Waals surface area contributed by atoms with Crippen LogP contribution in [0.3, 0.4) is 0 Å². The first-order chi connectivity index (χ1) is 15.3. The smallest absolute Gasteiger partial charge is 0.181 e. The fourth-order valence-electron chi connectivity index (χ4n) is 3.75. The minimum Gasteiger partial charge on any atom is -0.353 e. The molecular formula is C25H20N6. The minimum atomic E-state index is 0.665. The van der Waals surface area contributed by atoms with E-state index in [1.165, 1.54) is 6.20 Å². The molecular weight excluding hydrogens is 384 g/mol. The lowest BCUT2D eigenvalue weighted by molar-refractivity contribution is 1.10. The summed E-state index contributed by atoms with van der Waals surface area (Å²) in [6.07, 6.45) is 8.91. The Balaban J connectivity index is 1.65. The Morgan fingerprint density at radius 3 is 2.81 bits per heavy atom. The second-order valence-electron chi connectivity index (χ2n) is 7.06. The molecule has 0 unspecified atom stereocenters. The molecule has 31 heavy (non-hydrogen) atoms. The van der Waals surface area contributed by atoms with Gasteiger partial charge in [-0.3, -0.25) is 15.1 Å². The number of hydrogen-bond donors (Lipinski definition) is 2. The van der Waals surface area contributed by atoms with Crippen LogP contribution < -0.4 is 0 Å². The molecule has 4 aromatic heterocycles. The molecule has 5 aromatic rings. The molecule has 0 aliphatic carbocycles. The predicted octanol–water partition coefficient (Wildman–Crippen LogP) is 5.79. The summed E-state index contributed by atoms with van der Waals surface area (Å²) in [6.45, 7) is 5.62. The van der Waals surface area contributed by atoms with Crippen molar-refractivity contribution in [3.8, 4) is 22.6 Å². The van der Waals surface area contributed by atoms with E-state index in [0.29, 0.717) is 5.65 Å². The van der Waals surface area contributed by atoms with E-state index in [2.05, 4.69) is 61.0 Å². The molecule has 2 N–H and O–H groups in total. The number of rotatable bonds is 5. The van der Waals surface area contributed by atoms with Crippen molar-refractivity contribution >= 4 is 33.7 Å². The van der Waals surface area contributed by atoms with Crippen molar-refractivity contribution in [1.82, 2.24) is 25.1 Å². The lowest BCUT2D eigenvalue weighted by Crippen LogP contribution is -1.88. The first kappa shape index (κ1) is 18.7. The van der Waals surface area contributed by atoms with Crippen molar-refractivity contribution in [2.24, 2.45) is 4.99 Å². The zero-order chi connectivity index (χ0) is 21.2. The van der Waals surface area contributed by atoms with Gasteiger partial charge in [-0.1, -0.05) is 30.9 Å². The number of benzene rings is 1. The minimum absolute atomic E-state index is 0.665. The van der Waals surface area contributed by atoms with Gasteiger partial charge >= 0.3 is 0 Å².